The molecule has 0 aliphatic heterocycles. The number of benzene rings is 3. The van der Waals surface area contributed by atoms with Crippen molar-refractivity contribution in [2.45, 2.75) is 11.0 Å². The van der Waals surface area contributed by atoms with E-state index < -0.39 is 71.7 Å². The monoisotopic (exact) mass is 782 g/mol. The molecule has 0 aromatic heterocycles. The molecule has 0 N–H and O–H groups in total. The summed E-state index contributed by atoms with van der Waals surface area (Å²) in [4.78, 5) is 0. The molecule has 0 aliphatic carbocycles. The van der Waals surface area contributed by atoms with Crippen molar-refractivity contribution in [1.82, 2.24) is 0 Å². The maximum absolute atomic E-state index is 13.0. The van der Waals surface area contributed by atoms with Gasteiger partial charge in [0.25, 0.3) is 0 Å². The van der Waals surface area contributed by atoms with Crippen LogP contribution in [0.3, 0.4) is 0 Å². The molecule has 198 valence electrons. The molecule has 16 heteroatoms. The third-order valence-electron chi connectivity index (χ3n) is 3.92. The topological polar surface area (TPSA) is 86.7 Å². The summed E-state index contributed by atoms with van der Waals surface area (Å²) < 4.78 is 135. The van der Waals surface area contributed by atoms with Gasteiger partial charge in [0.15, 0.2) is 0 Å². The van der Waals surface area contributed by atoms with Crippen LogP contribution in [0.25, 0.3) is 0 Å². The summed E-state index contributed by atoms with van der Waals surface area (Å²) in [6.45, 7) is 0. The summed E-state index contributed by atoms with van der Waals surface area (Å²) in [5, 5.41) is 0. The second-order valence-electron chi connectivity index (χ2n) is 6.45. The van der Waals surface area contributed by atoms with Crippen LogP contribution < -0.4 is 0 Å². The van der Waals surface area contributed by atoms with Crippen LogP contribution in [0.15, 0.2) is 84.9 Å². The number of halogens is 8. The normalized spacial score (nSPS) is 13.8. The molecule has 0 heterocycles. The molecule has 3 aromatic rings. The Morgan fingerprint density at radius 2 is 0.722 bits per heavy atom. The summed E-state index contributed by atoms with van der Waals surface area (Å²) in [5.41, 5.74) is -11.3. The molecular weight excluding hydrogens is 768 g/mol. The van der Waals surface area contributed by atoms with Crippen LogP contribution in [0.4, 0.5) is 26.3 Å². The SMILES string of the molecule is O=S(=O)(OI(c1ccccc1)c1ccc(I(OS(=O)(=O)C(F)(F)F)c2ccccc2)cc1)C(F)(F)F. The molecule has 3 rings (SSSR count). The van der Waals surface area contributed by atoms with Crippen molar-refractivity contribution in [3.63, 3.8) is 0 Å². The Bertz CT molecular complexity index is 1270. The average molecular weight is 782 g/mol. The molecular formula is C20H14F6I2O6S2. The van der Waals surface area contributed by atoms with Crippen LogP contribution >= 0.6 is 40.5 Å². The molecule has 0 spiro atoms. The van der Waals surface area contributed by atoms with Crippen molar-refractivity contribution >= 4 is 60.7 Å². The first-order valence-corrected chi connectivity index (χ1v) is 18.1. The molecule has 0 atom stereocenters. The fraction of sp³-hybridized carbons (Fsp3) is 0.100. The van der Waals surface area contributed by atoms with Crippen molar-refractivity contribution < 1.29 is 48.2 Å². The zero-order chi connectivity index (χ0) is 26.8. The fourth-order valence-electron chi connectivity index (χ4n) is 2.35. The van der Waals surface area contributed by atoms with Gasteiger partial charge in [-0.2, -0.15) is 0 Å². The predicted octanol–water partition coefficient (Wildman–Crippen LogP) is 6.34. The Balaban J connectivity index is 2.04. The van der Waals surface area contributed by atoms with Crippen molar-refractivity contribution in [2.75, 3.05) is 0 Å². The van der Waals surface area contributed by atoms with E-state index in [1.807, 2.05) is 0 Å². The number of alkyl halides is 6. The summed E-state index contributed by atoms with van der Waals surface area (Å²) in [5.74, 6) is 0. The van der Waals surface area contributed by atoms with E-state index in [0.717, 1.165) is 0 Å². The van der Waals surface area contributed by atoms with Crippen LogP contribution in [0, 0.1) is 14.3 Å². The first-order chi connectivity index (χ1) is 16.6. The molecule has 3 aromatic carbocycles. The number of hydrogen-bond acceptors (Lipinski definition) is 6. The van der Waals surface area contributed by atoms with E-state index in [4.69, 9.17) is 0 Å². The molecule has 0 bridgehead atoms. The maximum atomic E-state index is 13.0. The summed E-state index contributed by atoms with van der Waals surface area (Å²) in [7, 11) is -11.9. The van der Waals surface area contributed by atoms with Crippen LogP contribution in [-0.2, 0) is 25.3 Å². The van der Waals surface area contributed by atoms with Crippen LogP contribution in [-0.4, -0.2) is 27.9 Å². The van der Waals surface area contributed by atoms with Gasteiger partial charge in [0, 0.05) is 0 Å². The van der Waals surface area contributed by atoms with Crippen LogP contribution in [0.2, 0.25) is 0 Å². The molecule has 0 saturated heterocycles. The Kier molecular flexibility index (Phi) is 8.96. The average Bonchev–Trinajstić information content (AvgIpc) is 2.81. The van der Waals surface area contributed by atoms with Gasteiger partial charge in [0.05, 0.1) is 0 Å². The Morgan fingerprint density at radius 1 is 0.472 bits per heavy atom. The van der Waals surface area contributed by atoms with Gasteiger partial charge < -0.3 is 0 Å². The molecule has 0 unspecified atom stereocenters. The van der Waals surface area contributed by atoms with Gasteiger partial charge in [-0.15, -0.1) is 0 Å². The Morgan fingerprint density at radius 3 is 0.972 bits per heavy atom. The minimum absolute atomic E-state index is 0.0736. The van der Waals surface area contributed by atoms with Gasteiger partial charge in [-0.05, 0) is 0 Å². The van der Waals surface area contributed by atoms with E-state index in [-0.39, 0.29) is 14.3 Å². The number of hydrogen-bond donors (Lipinski definition) is 0. The first-order valence-electron chi connectivity index (χ1n) is 9.25. The molecule has 6 nitrogen and oxygen atoms in total. The van der Waals surface area contributed by atoms with Gasteiger partial charge in [-0.3, -0.25) is 0 Å². The van der Waals surface area contributed by atoms with E-state index in [0.29, 0.717) is 0 Å². The van der Waals surface area contributed by atoms with Crippen molar-refractivity contribution in [3.05, 3.63) is 99.2 Å². The second-order valence-corrected chi connectivity index (χ2v) is 19.4. The fourth-order valence-corrected chi connectivity index (χ4v) is 15.3. The standard InChI is InChI=1S/C20H14F6I2O6S2/c21-19(22,23)35(29,30)33-27(15-7-3-1-4-8-15)17-11-13-18(14-12-17)28(16-9-5-2-6-10-16)34-36(31,32)20(24,25)26/h1-14H. The molecule has 0 radical (unpaired) electrons. The Labute approximate surface area is 217 Å². The van der Waals surface area contributed by atoms with Crippen molar-refractivity contribution in [2.24, 2.45) is 0 Å². The van der Waals surface area contributed by atoms with E-state index in [2.05, 4.69) is 5.03 Å². The van der Waals surface area contributed by atoms with Gasteiger partial charge >= 0.3 is 219 Å². The zero-order valence-corrected chi connectivity index (χ0v) is 23.3. The second kappa shape index (κ2) is 11.1. The molecule has 0 aliphatic rings. The van der Waals surface area contributed by atoms with E-state index in [1.165, 1.54) is 72.8 Å². The molecule has 0 amide bonds. The van der Waals surface area contributed by atoms with Crippen LogP contribution in [0.5, 0.6) is 0 Å². The summed E-state index contributed by atoms with van der Waals surface area (Å²) in [6, 6.07) is 19.4. The summed E-state index contributed by atoms with van der Waals surface area (Å²) in [6.07, 6.45) is 0. The zero-order valence-electron chi connectivity index (χ0n) is 17.4. The third kappa shape index (κ3) is 6.88. The van der Waals surface area contributed by atoms with E-state index >= 15 is 0 Å². The predicted molar refractivity (Wildman–Crippen MR) is 134 cm³/mol. The van der Waals surface area contributed by atoms with Gasteiger partial charge in [0.1, 0.15) is 0 Å². The minimum atomic E-state index is -5.95. The van der Waals surface area contributed by atoms with E-state index in [9.17, 15) is 43.2 Å². The Hall–Kier alpha value is -1.48. The number of rotatable bonds is 8. The van der Waals surface area contributed by atoms with Crippen LogP contribution in [0.1, 0.15) is 0 Å². The van der Waals surface area contributed by atoms with Gasteiger partial charge in [-0.1, -0.05) is 0 Å². The quantitative estimate of drug-likeness (QED) is 0.151. The van der Waals surface area contributed by atoms with Crippen molar-refractivity contribution in [3.8, 4) is 0 Å². The summed E-state index contributed by atoms with van der Waals surface area (Å²) >= 11 is -7.45. The first kappa shape index (κ1) is 29.1. The van der Waals surface area contributed by atoms with E-state index in [1.54, 1.807) is 12.1 Å². The van der Waals surface area contributed by atoms with Crippen molar-refractivity contribution in [1.29, 1.82) is 0 Å². The molecule has 0 fully saturated rings. The van der Waals surface area contributed by atoms with Gasteiger partial charge in [-0.25, -0.2) is 0 Å². The molecule has 36 heavy (non-hydrogen) atoms. The molecule has 0 saturated carbocycles. The third-order valence-corrected chi connectivity index (χ3v) is 18.0. The van der Waals surface area contributed by atoms with Gasteiger partial charge in [0.2, 0.25) is 0 Å².